The molecule has 7 nitrogen and oxygen atoms in total. The van der Waals surface area contributed by atoms with Gasteiger partial charge in [-0.1, -0.05) is 0 Å². The molecule has 2 aliphatic heterocycles. The van der Waals surface area contributed by atoms with Crippen molar-refractivity contribution in [3.05, 3.63) is 53.5 Å². The van der Waals surface area contributed by atoms with Gasteiger partial charge in [-0.05, 0) is 61.1 Å². The quantitative estimate of drug-likeness (QED) is 0.625. The van der Waals surface area contributed by atoms with Gasteiger partial charge >= 0.3 is 6.36 Å². The number of nitrogens with zero attached hydrogens (tertiary/aromatic N) is 3. The number of hydrogen-bond donors (Lipinski definition) is 1. The van der Waals surface area contributed by atoms with Gasteiger partial charge in [0.25, 0.3) is 5.91 Å². The predicted octanol–water partition coefficient (Wildman–Crippen LogP) is 4.38. The number of rotatable bonds is 4. The minimum Gasteiger partial charge on any atom is -0.406 e. The molecule has 10 heteroatoms. The third-order valence-corrected chi connectivity index (χ3v) is 6.32. The average molecular weight is 460 g/mol. The monoisotopic (exact) mass is 460 g/mol. The molecule has 0 spiro atoms. The molecule has 2 aliphatic rings. The van der Waals surface area contributed by atoms with E-state index in [1.807, 2.05) is 6.07 Å². The van der Waals surface area contributed by atoms with E-state index in [1.165, 1.54) is 12.1 Å². The first-order chi connectivity index (χ1) is 15.9. The van der Waals surface area contributed by atoms with E-state index in [9.17, 15) is 18.0 Å². The lowest BCUT2D eigenvalue weighted by Crippen LogP contribution is -2.38. The van der Waals surface area contributed by atoms with Crippen molar-refractivity contribution in [2.24, 2.45) is 0 Å². The summed E-state index contributed by atoms with van der Waals surface area (Å²) >= 11 is 0. The van der Waals surface area contributed by atoms with Gasteiger partial charge in [0.1, 0.15) is 11.6 Å². The van der Waals surface area contributed by atoms with Crippen molar-refractivity contribution in [2.75, 3.05) is 26.3 Å². The number of carbonyl (C=O) groups excluding carboxylic acids is 1. The number of pyridine rings is 1. The lowest BCUT2D eigenvalue weighted by Gasteiger charge is -2.32. The van der Waals surface area contributed by atoms with Crippen LogP contribution in [0, 0.1) is 0 Å². The van der Waals surface area contributed by atoms with Gasteiger partial charge in [-0.3, -0.25) is 4.79 Å². The van der Waals surface area contributed by atoms with Crippen LogP contribution >= 0.6 is 0 Å². The number of aromatic amines is 1. The average Bonchev–Trinajstić information content (AvgIpc) is 3.48. The Morgan fingerprint density at radius 3 is 2.52 bits per heavy atom. The van der Waals surface area contributed by atoms with E-state index in [4.69, 9.17) is 4.74 Å². The molecule has 1 aromatic carbocycles. The number of H-pyrrole nitrogens is 1. The first kappa shape index (κ1) is 21.7. The van der Waals surface area contributed by atoms with Crippen molar-refractivity contribution >= 4 is 17.1 Å². The highest BCUT2D eigenvalue weighted by molar-refractivity contribution is 5.94. The van der Waals surface area contributed by atoms with Crippen LogP contribution in [-0.2, 0) is 4.74 Å². The fraction of sp³-hybridized carbons (Fsp3) is 0.435. The first-order valence-electron chi connectivity index (χ1n) is 10.9. The van der Waals surface area contributed by atoms with Crippen molar-refractivity contribution in [3.8, 4) is 5.75 Å². The van der Waals surface area contributed by atoms with Crippen LogP contribution in [0.2, 0.25) is 0 Å². The molecule has 0 aliphatic carbocycles. The second-order valence-corrected chi connectivity index (χ2v) is 8.42. The molecule has 2 saturated heterocycles. The normalized spacial score (nSPS) is 19.8. The molecular formula is C23H23F3N4O3. The van der Waals surface area contributed by atoms with E-state index >= 15 is 0 Å². The van der Waals surface area contributed by atoms with Crippen LogP contribution in [-0.4, -0.2) is 58.4 Å². The summed E-state index contributed by atoms with van der Waals surface area (Å²) in [7, 11) is 0. The van der Waals surface area contributed by atoms with Crippen molar-refractivity contribution in [3.63, 3.8) is 0 Å². The lowest BCUT2D eigenvalue weighted by atomic mass is 9.89. The van der Waals surface area contributed by atoms with Crippen LogP contribution in [0.15, 0.2) is 36.5 Å². The van der Waals surface area contributed by atoms with E-state index in [2.05, 4.69) is 19.7 Å². The molecule has 33 heavy (non-hydrogen) atoms. The van der Waals surface area contributed by atoms with Crippen molar-refractivity contribution in [2.45, 2.75) is 37.5 Å². The van der Waals surface area contributed by atoms with Gasteiger partial charge in [0.2, 0.25) is 0 Å². The third kappa shape index (κ3) is 4.66. The topological polar surface area (TPSA) is 80.3 Å². The smallest absolute Gasteiger partial charge is 0.406 e. The van der Waals surface area contributed by atoms with Crippen molar-refractivity contribution in [1.82, 2.24) is 19.9 Å². The number of piperidine rings is 1. The highest BCUT2D eigenvalue weighted by Gasteiger charge is 2.31. The molecule has 1 N–H and O–H groups in total. The lowest BCUT2D eigenvalue weighted by molar-refractivity contribution is -0.274. The second kappa shape index (κ2) is 8.66. The molecule has 5 rings (SSSR count). The number of carbonyl (C=O) groups is 1. The van der Waals surface area contributed by atoms with E-state index < -0.39 is 6.36 Å². The molecule has 0 saturated carbocycles. The van der Waals surface area contributed by atoms with Crippen LogP contribution in [0.1, 0.15) is 52.8 Å². The Balaban J connectivity index is 1.25. The number of hydrogen-bond acceptors (Lipinski definition) is 5. The Morgan fingerprint density at radius 2 is 1.85 bits per heavy atom. The van der Waals surface area contributed by atoms with E-state index in [0.717, 1.165) is 54.9 Å². The summed E-state index contributed by atoms with van der Waals surface area (Å²) in [6.07, 6.45) is -0.484. The first-order valence-corrected chi connectivity index (χ1v) is 10.9. The van der Waals surface area contributed by atoms with Gasteiger partial charge in [0.15, 0.2) is 5.65 Å². The highest BCUT2D eigenvalue weighted by Crippen LogP contribution is 2.34. The largest absolute Gasteiger partial charge is 0.573 e. The Morgan fingerprint density at radius 1 is 1.09 bits per heavy atom. The zero-order valence-corrected chi connectivity index (χ0v) is 17.8. The van der Waals surface area contributed by atoms with Gasteiger partial charge < -0.3 is 19.4 Å². The Bertz CT molecular complexity index is 1130. The number of ether oxygens (including phenoxy) is 2. The summed E-state index contributed by atoms with van der Waals surface area (Å²) in [6.45, 7) is 2.53. The summed E-state index contributed by atoms with van der Waals surface area (Å²) < 4.78 is 46.3. The van der Waals surface area contributed by atoms with Gasteiger partial charge in [-0.2, -0.15) is 0 Å². The van der Waals surface area contributed by atoms with Gasteiger partial charge in [-0.25, -0.2) is 9.97 Å². The number of nitrogens with one attached hydrogen (secondary N) is 1. The van der Waals surface area contributed by atoms with E-state index in [1.54, 1.807) is 11.1 Å². The summed E-state index contributed by atoms with van der Waals surface area (Å²) in [5, 5.41) is 0. The van der Waals surface area contributed by atoms with Crippen LogP contribution in [0.4, 0.5) is 13.2 Å². The van der Waals surface area contributed by atoms with Gasteiger partial charge in [0, 0.05) is 37.4 Å². The third-order valence-electron chi connectivity index (χ3n) is 6.32. The summed E-state index contributed by atoms with van der Waals surface area (Å²) in [5.74, 6) is 0.891. The number of likely N-dealkylation sites (tertiary alicyclic amines) is 1. The Hall–Kier alpha value is -3.14. The highest BCUT2D eigenvalue weighted by atomic mass is 19.4. The SMILES string of the molecule is O=C(c1ccc(OC(F)(F)F)cc1)N1CCC(c2ccnc3nc([C@@H]4CCOC4)[nH]c23)CC1. The molecule has 3 aromatic rings. The number of benzene rings is 1. The molecule has 2 aromatic heterocycles. The zero-order chi connectivity index (χ0) is 23.0. The van der Waals surface area contributed by atoms with E-state index in [-0.39, 0.29) is 23.5 Å². The standard InChI is InChI=1S/C23H23F3N4O3/c24-23(25,26)33-17-3-1-15(2-4-17)22(31)30-10-6-14(7-11-30)18-5-9-27-21-19(18)28-20(29-21)16-8-12-32-13-16/h1-5,9,14,16H,6-8,10-13H2,(H,27,28,29)/t16-/m1/s1. The number of amides is 1. The number of fused-ring (bicyclic) bond motifs is 1. The summed E-state index contributed by atoms with van der Waals surface area (Å²) in [6, 6.07) is 7.05. The fourth-order valence-electron chi connectivity index (χ4n) is 4.61. The number of imidazole rings is 1. The van der Waals surface area contributed by atoms with Crippen LogP contribution in [0.5, 0.6) is 5.75 Å². The number of halogens is 3. The Labute approximate surface area is 187 Å². The molecule has 1 atom stereocenters. The molecule has 2 fully saturated rings. The van der Waals surface area contributed by atoms with Crippen LogP contribution < -0.4 is 4.74 Å². The van der Waals surface area contributed by atoms with E-state index in [0.29, 0.717) is 30.9 Å². The molecule has 4 heterocycles. The molecular weight excluding hydrogens is 437 g/mol. The van der Waals surface area contributed by atoms with Crippen LogP contribution in [0.25, 0.3) is 11.2 Å². The fourth-order valence-corrected chi connectivity index (χ4v) is 4.61. The number of aromatic nitrogens is 3. The van der Waals surface area contributed by atoms with Gasteiger partial charge in [-0.15, -0.1) is 13.2 Å². The summed E-state index contributed by atoms with van der Waals surface area (Å²) in [5.41, 5.74) is 3.14. The molecule has 0 radical (unpaired) electrons. The molecule has 1 amide bonds. The van der Waals surface area contributed by atoms with Crippen molar-refractivity contribution < 1.29 is 27.4 Å². The minimum atomic E-state index is -4.76. The molecule has 0 unspecified atom stereocenters. The second-order valence-electron chi connectivity index (χ2n) is 8.42. The maximum absolute atomic E-state index is 12.8. The van der Waals surface area contributed by atoms with Crippen molar-refractivity contribution in [1.29, 1.82) is 0 Å². The Kier molecular flexibility index (Phi) is 5.69. The van der Waals surface area contributed by atoms with Crippen LogP contribution in [0.3, 0.4) is 0 Å². The summed E-state index contributed by atoms with van der Waals surface area (Å²) in [4.78, 5) is 27.1. The van der Waals surface area contributed by atoms with Gasteiger partial charge in [0.05, 0.1) is 12.1 Å². The maximum atomic E-state index is 12.8. The predicted molar refractivity (Wildman–Crippen MR) is 113 cm³/mol. The molecule has 0 bridgehead atoms. The zero-order valence-electron chi connectivity index (χ0n) is 17.8. The minimum absolute atomic E-state index is 0.197. The number of alkyl halides is 3. The molecule has 174 valence electrons. The maximum Gasteiger partial charge on any atom is 0.573 e.